The molecule has 0 heterocycles. The van der Waals surface area contributed by atoms with E-state index >= 15 is 0 Å². The van der Waals surface area contributed by atoms with Crippen molar-refractivity contribution in [3.63, 3.8) is 0 Å². The van der Waals surface area contributed by atoms with Gasteiger partial charge in [-0.15, -0.1) is 0 Å². The van der Waals surface area contributed by atoms with E-state index in [2.05, 4.69) is 53.3 Å². The maximum absolute atomic E-state index is 5.64. The molecule has 0 aliphatic rings. The van der Waals surface area contributed by atoms with Gasteiger partial charge in [-0.3, -0.25) is 0 Å². The van der Waals surface area contributed by atoms with E-state index < -0.39 is 0 Å². The maximum Gasteiger partial charge on any atom is 0.105 e. The van der Waals surface area contributed by atoms with Crippen molar-refractivity contribution in [3.8, 4) is 0 Å². The standard InChI is InChI=1S/C15H15BrN2S/c1-9-3-6-14(10(2)7-9)18-11-4-5-12(15(17)19)13(16)8-11/h3-8,18H,1-2H3,(H2,17,19). The quantitative estimate of drug-likeness (QED) is 0.814. The molecule has 0 aliphatic heterocycles. The second kappa shape index (κ2) is 5.72. The molecule has 2 aromatic carbocycles. The zero-order valence-corrected chi connectivity index (χ0v) is 13.2. The van der Waals surface area contributed by atoms with E-state index in [1.54, 1.807) is 0 Å². The second-order valence-electron chi connectivity index (χ2n) is 4.50. The van der Waals surface area contributed by atoms with Crippen LogP contribution in [0, 0.1) is 13.8 Å². The highest BCUT2D eigenvalue weighted by atomic mass is 79.9. The third kappa shape index (κ3) is 3.33. The molecule has 0 radical (unpaired) electrons. The highest BCUT2D eigenvalue weighted by molar-refractivity contribution is 9.10. The molecule has 0 unspecified atom stereocenters. The Bertz CT molecular complexity index is 638. The van der Waals surface area contributed by atoms with Crippen LogP contribution in [0.3, 0.4) is 0 Å². The summed E-state index contributed by atoms with van der Waals surface area (Å²) in [6, 6.07) is 12.2. The molecule has 4 heteroatoms. The average Bonchev–Trinajstić information content (AvgIpc) is 2.32. The summed E-state index contributed by atoms with van der Waals surface area (Å²) in [5.74, 6) is 0. The fourth-order valence-corrected chi connectivity index (χ4v) is 2.80. The number of thiocarbonyl (C=S) groups is 1. The molecule has 3 N–H and O–H groups in total. The molecular weight excluding hydrogens is 320 g/mol. The lowest BCUT2D eigenvalue weighted by Crippen LogP contribution is -2.10. The largest absolute Gasteiger partial charge is 0.389 e. The fraction of sp³-hybridized carbons (Fsp3) is 0.133. The summed E-state index contributed by atoms with van der Waals surface area (Å²) >= 11 is 8.47. The summed E-state index contributed by atoms with van der Waals surface area (Å²) < 4.78 is 0.898. The molecule has 0 aromatic heterocycles. The SMILES string of the molecule is Cc1ccc(Nc2ccc(C(N)=S)c(Br)c2)c(C)c1. The number of hydrogen-bond acceptors (Lipinski definition) is 2. The van der Waals surface area contributed by atoms with Crippen LogP contribution < -0.4 is 11.1 Å². The first-order valence-corrected chi connectivity index (χ1v) is 7.11. The van der Waals surface area contributed by atoms with Crippen molar-refractivity contribution in [3.05, 3.63) is 57.6 Å². The summed E-state index contributed by atoms with van der Waals surface area (Å²) in [5.41, 5.74) is 11.1. The molecule has 0 fully saturated rings. The lowest BCUT2D eigenvalue weighted by Gasteiger charge is -2.12. The number of anilines is 2. The van der Waals surface area contributed by atoms with E-state index in [-0.39, 0.29) is 0 Å². The van der Waals surface area contributed by atoms with Gasteiger partial charge in [0.1, 0.15) is 4.99 Å². The van der Waals surface area contributed by atoms with Crippen LogP contribution in [0.5, 0.6) is 0 Å². The molecule has 0 bridgehead atoms. The van der Waals surface area contributed by atoms with Crippen molar-refractivity contribution in [1.82, 2.24) is 0 Å². The van der Waals surface area contributed by atoms with Crippen LogP contribution in [0.4, 0.5) is 11.4 Å². The van der Waals surface area contributed by atoms with E-state index in [0.717, 1.165) is 21.4 Å². The molecule has 98 valence electrons. The molecule has 0 spiro atoms. The van der Waals surface area contributed by atoms with E-state index in [1.807, 2.05) is 18.2 Å². The Kier molecular flexibility index (Phi) is 4.22. The lowest BCUT2D eigenvalue weighted by molar-refractivity contribution is 1.37. The van der Waals surface area contributed by atoms with Gasteiger partial charge in [0.05, 0.1) is 0 Å². The Hall–Kier alpha value is -1.39. The van der Waals surface area contributed by atoms with Gasteiger partial charge in [-0.05, 0) is 59.6 Å². The Morgan fingerprint density at radius 2 is 1.89 bits per heavy atom. The van der Waals surface area contributed by atoms with Crippen LogP contribution >= 0.6 is 28.1 Å². The van der Waals surface area contributed by atoms with Gasteiger partial charge >= 0.3 is 0 Å². The van der Waals surface area contributed by atoms with Crippen LogP contribution in [0.25, 0.3) is 0 Å². The van der Waals surface area contributed by atoms with Crippen LogP contribution in [0.15, 0.2) is 40.9 Å². The third-order valence-corrected chi connectivity index (χ3v) is 3.77. The Labute approximate surface area is 127 Å². The topological polar surface area (TPSA) is 38.0 Å². The lowest BCUT2D eigenvalue weighted by atomic mass is 10.1. The van der Waals surface area contributed by atoms with E-state index in [1.165, 1.54) is 11.1 Å². The van der Waals surface area contributed by atoms with Gasteiger partial charge in [-0.2, -0.15) is 0 Å². The third-order valence-electron chi connectivity index (χ3n) is 2.90. The number of hydrogen-bond donors (Lipinski definition) is 2. The number of aryl methyl sites for hydroxylation is 2. The molecule has 2 nitrogen and oxygen atoms in total. The van der Waals surface area contributed by atoms with Crippen LogP contribution in [0.1, 0.15) is 16.7 Å². The summed E-state index contributed by atoms with van der Waals surface area (Å²) in [7, 11) is 0. The summed E-state index contributed by atoms with van der Waals surface area (Å²) in [6.45, 7) is 4.18. The predicted octanol–water partition coefficient (Wildman–Crippen LogP) is 4.44. The molecule has 19 heavy (non-hydrogen) atoms. The molecule has 0 amide bonds. The number of halogens is 1. The first-order valence-electron chi connectivity index (χ1n) is 5.91. The Balaban J connectivity index is 2.29. The first kappa shape index (κ1) is 14.0. The Morgan fingerprint density at radius 1 is 1.16 bits per heavy atom. The summed E-state index contributed by atoms with van der Waals surface area (Å²) in [4.78, 5) is 0.393. The van der Waals surface area contributed by atoms with Gasteiger partial charge in [0.25, 0.3) is 0 Å². The summed E-state index contributed by atoms with van der Waals surface area (Å²) in [6.07, 6.45) is 0. The van der Waals surface area contributed by atoms with E-state index in [0.29, 0.717) is 4.99 Å². The van der Waals surface area contributed by atoms with Crippen molar-refractivity contribution in [1.29, 1.82) is 0 Å². The van der Waals surface area contributed by atoms with E-state index in [9.17, 15) is 0 Å². The number of rotatable bonds is 3. The van der Waals surface area contributed by atoms with Gasteiger partial charge in [0.15, 0.2) is 0 Å². The van der Waals surface area contributed by atoms with Crippen molar-refractivity contribution >= 4 is 44.5 Å². The molecule has 0 aliphatic carbocycles. The van der Waals surface area contributed by atoms with Gasteiger partial charge < -0.3 is 11.1 Å². The zero-order chi connectivity index (χ0) is 14.0. The minimum atomic E-state index is 0.393. The number of benzene rings is 2. The molecular formula is C15H15BrN2S. The second-order valence-corrected chi connectivity index (χ2v) is 5.80. The molecule has 0 saturated carbocycles. The van der Waals surface area contributed by atoms with Crippen molar-refractivity contribution in [2.24, 2.45) is 5.73 Å². The number of nitrogens with one attached hydrogen (secondary N) is 1. The van der Waals surface area contributed by atoms with Crippen LogP contribution in [-0.2, 0) is 0 Å². The van der Waals surface area contributed by atoms with Crippen LogP contribution in [0.2, 0.25) is 0 Å². The Morgan fingerprint density at radius 3 is 2.47 bits per heavy atom. The molecule has 0 atom stereocenters. The highest BCUT2D eigenvalue weighted by Gasteiger charge is 2.05. The number of nitrogens with two attached hydrogens (primary N) is 1. The van der Waals surface area contributed by atoms with Crippen molar-refractivity contribution in [2.75, 3.05) is 5.32 Å². The minimum absolute atomic E-state index is 0.393. The maximum atomic E-state index is 5.64. The minimum Gasteiger partial charge on any atom is -0.389 e. The van der Waals surface area contributed by atoms with Gasteiger partial charge in [0.2, 0.25) is 0 Å². The van der Waals surface area contributed by atoms with Crippen molar-refractivity contribution in [2.45, 2.75) is 13.8 Å². The smallest absolute Gasteiger partial charge is 0.105 e. The average molecular weight is 335 g/mol. The molecule has 0 saturated heterocycles. The van der Waals surface area contributed by atoms with E-state index in [4.69, 9.17) is 18.0 Å². The highest BCUT2D eigenvalue weighted by Crippen LogP contribution is 2.26. The zero-order valence-electron chi connectivity index (χ0n) is 10.8. The van der Waals surface area contributed by atoms with Crippen LogP contribution in [-0.4, -0.2) is 4.99 Å². The van der Waals surface area contributed by atoms with Crippen molar-refractivity contribution < 1.29 is 0 Å². The molecule has 2 aromatic rings. The first-order chi connectivity index (χ1) is 8.97. The molecule has 2 rings (SSSR count). The summed E-state index contributed by atoms with van der Waals surface area (Å²) in [5, 5.41) is 3.39. The van der Waals surface area contributed by atoms with Gasteiger partial charge in [0, 0.05) is 21.4 Å². The normalized spacial score (nSPS) is 10.3. The van der Waals surface area contributed by atoms with Gasteiger partial charge in [-0.1, -0.05) is 29.9 Å². The monoisotopic (exact) mass is 334 g/mol. The predicted molar refractivity (Wildman–Crippen MR) is 89.2 cm³/mol. The van der Waals surface area contributed by atoms with Gasteiger partial charge in [-0.25, -0.2) is 0 Å². The fourth-order valence-electron chi connectivity index (χ4n) is 1.90.